The Morgan fingerprint density at radius 1 is 1.36 bits per heavy atom. The van der Waals surface area contributed by atoms with Crippen molar-refractivity contribution >= 4 is 58.0 Å². The number of rotatable bonds is 7. The first-order valence-electron chi connectivity index (χ1n) is 8.25. The summed E-state index contributed by atoms with van der Waals surface area (Å²) in [5, 5.41) is 9.48. The Hall–Kier alpha value is -2.10. The number of hydrogen-bond acceptors (Lipinski definition) is 6. The Labute approximate surface area is 175 Å². The third kappa shape index (κ3) is 4.48. The Balaban J connectivity index is 1.82. The summed E-state index contributed by atoms with van der Waals surface area (Å²) < 4.78 is 19.0. The number of thioether (sulfide) groups is 2. The molecule has 1 aliphatic rings. The SMILES string of the molecule is CSCCC(C(=O)O)N1C(=O)C(=Cc2ccc(-c3ccc(F)cc3)o2)SC1=S. The second kappa shape index (κ2) is 8.93. The van der Waals surface area contributed by atoms with Crippen LogP contribution < -0.4 is 0 Å². The fraction of sp³-hybridized carbons (Fsp3) is 0.211. The van der Waals surface area contributed by atoms with Crippen molar-refractivity contribution < 1.29 is 23.5 Å². The van der Waals surface area contributed by atoms with E-state index in [0.717, 1.165) is 16.7 Å². The summed E-state index contributed by atoms with van der Waals surface area (Å²) in [6, 6.07) is 8.29. The lowest BCUT2D eigenvalue weighted by Crippen LogP contribution is -2.44. The smallest absolute Gasteiger partial charge is 0.326 e. The molecule has 1 fully saturated rings. The van der Waals surface area contributed by atoms with Crippen molar-refractivity contribution in [2.24, 2.45) is 0 Å². The van der Waals surface area contributed by atoms with Gasteiger partial charge in [-0.3, -0.25) is 9.69 Å². The first-order chi connectivity index (χ1) is 13.4. The summed E-state index contributed by atoms with van der Waals surface area (Å²) in [6.07, 6.45) is 3.73. The normalized spacial score (nSPS) is 16.8. The molecular formula is C19H16FNO4S3. The number of hydrogen-bond donors (Lipinski definition) is 1. The maximum Gasteiger partial charge on any atom is 0.326 e. The number of carboxylic acids is 1. The van der Waals surface area contributed by atoms with Crippen LogP contribution in [0.15, 0.2) is 45.7 Å². The summed E-state index contributed by atoms with van der Waals surface area (Å²) in [6.45, 7) is 0. The fourth-order valence-electron chi connectivity index (χ4n) is 2.67. The average molecular weight is 438 g/mol. The zero-order valence-corrected chi connectivity index (χ0v) is 17.2. The number of halogens is 1. The molecule has 2 aromatic rings. The molecule has 5 nitrogen and oxygen atoms in total. The van der Waals surface area contributed by atoms with Crippen LogP contribution in [0.25, 0.3) is 17.4 Å². The van der Waals surface area contributed by atoms with Crippen molar-refractivity contribution in [3.05, 3.63) is 52.9 Å². The number of carboxylic acid groups (broad SMARTS) is 1. The second-order valence-electron chi connectivity index (χ2n) is 5.90. The van der Waals surface area contributed by atoms with E-state index in [9.17, 15) is 19.1 Å². The number of carbonyl (C=O) groups is 2. The van der Waals surface area contributed by atoms with Crippen molar-refractivity contribution in [2.75, 3.05) is 12.0 Å². The summed E-state index contributed by atoms with van der Waals surface area (Å²) in [4.78, 5) is 25.8. The first-order valence-corrected chi connectivity index (χ1v) is 10.9. The Morgan fingerprint density at radius 2 is 2.07 bits per heavy atom. The minimum atomic E-state index is -1.08. The lowest BCUT2D eigenvalue weighted by Gasteiger charge is -2.22. The van der Waals surface area contributed by atoms with Gasteiger partial charge in [0.1, 0.15) is 27.7 Å². The van der Waals surface area contributed by atoms with Crippen molar-refractivity contribution in [1.82, 2.24) is 4.90 Å². The standard InChI is InChI=1S/C19H16FNO4S3/c1-27-9-8-14(18(23)24)21-17(22)16(28-19(21)26)10-13-6-7-15(25-13)11-2-4-12(20)5-3-11/h2-7,10,14H,8-9H2,1H3,(H,23,24). The fourth-order valence-corrected chi connectivity index (χ4v) is 4.47. The number of benzene rings is 1. The number of thiocarbonyl (C=S) groups is 1. The van der Waals surface area contributed by atoms with Crippen LogP contribution in [0, 0.1) is 5.82 Å². The van der Waals surface area contributed by atoms with Gasteiger partial charge in [-0.25, -0.2) is 9.18 Å². The largest absolute Gasteiger partial charge is 0.480 e. The molecule has 28 heavy (non-hydrogen) atoms. The van der Waals surface area contributed by atoms with Gasteiger partial charge in [0.05, 0.1) is 4.91 Å². The molecule has 1 aromatic carbocycles. The van der Waals surface area contributed by atoms with Crippen LogP contribution in [-0.2, 0) is 9.59 Å². The number of carbonyl (C=O) groups excluding carboxylic acids is 1. The predicted octanol–water partition coefficient (Wildman–Crippen LogP) is 4.49. The van der Waals surface area contributed by atoms with E-state index in [1.807, 2.05) is 6.26 Å². The van der Waals surface area contributed by atoms with Crippen molar-refractivity contribution in [2.45, 2.75) is 12.5 Å². The molecule has 0 saturated carbocycles. The highest BCUT2D eigenvalue weighted by molar-refractivity contribution is 8.26. The van der Waals surface area contributed by atoms with E-state index < -0.39 is 17.9 Å². The number of aliphatic carboxylic acids is 1. The van der Waals surface area contributed by atoms with Crippen molar-refractivity contribution in [3.63, 3.8) is 0 Å². The van der Waals surface area contributed by atoms with Gasteiger partial charge < -0.3 is 9.52 Å². The molecule has 0 spiro atoms. The molecule has 0 aliphatic carbocycles. The highest BCUT2D eigenvalue weighted by Crippen LogP contribution is 2.35. The van der Waals surface area contributed by atoms with E-state index in [1.165, 1.54) is 23.9 Å². The Morgan fingerprint density at radius 3 is 2.71 bits per heavy atom. The van der Waals surface area contributed by atoms with Gasteiger partial charge in [-0.1, -0.05) is 24.0 Å². The molecular weight excluding hydrogens is 421 g/mol. The maximum atomic E-state index is 13.1. The number of amides is 1. The van der Waals surface area contributed by atoms with E-state index in [1.54, 1.807) is 30.3 Å². The highest BCUT2D eigenvalue weighted by Gasteiger charge is 2.40. The van der Waals surface area contributed by atoms with Gasteiger partial charge >= 0.3 is 5.97 Å². The molecule has 1 aromatic heterocycles. The van der Waals surface area contributed by atoms with E-state index in [-0.39, 0.29) is 10.1 Å². The summed E-state index contributed by atoms with van der Waals surface area (Å²) >= 11 is 7.80. The third-order valence-corrected chi connectivity index (χ3v) is 6.02. The zero-order valence-electron chi connectivity index (χ0n) is 14.8. The van der Waals surface area contributed by atoms with Gasteiger partial charge in [0, 0.05) is 11.6 Å². The van der Waals surface area contributed by atoms with Gasteiger partial charge in [0.2, 0.25) is 0 Å². The quantitative estimate of drug-likeness (QED) is 0.505. The maximum absolute atomic E-state index is 13.1. The van der Waals surface area contributed by atoms with Crippen LogP contribution in [0.5, 0.6) is 0 Å². The lowest BCUT2D eigenvalue weighted by atomic mass is 10.2. The average Bonchev–Trinajstić information content (AvgIpc) is 3.22. The topological polar surface area (TPSA) is 70.8 Å². The van der Waals surface area contributed by atoms with Gasteiger partial charge in [0.25, 0.3) is 5.91 Å². The Kier molecular flexibility index (Phi) is 6.58. The molecule has 1 aliphatic heterocycles. The molecule has 1 amide bonds. The molecule has 1 N–H and O–H groups in total. The predicted molar refractivity (Wildman–Crippen MR) is 114 cm³/mol. The highest BCUT2D eigenvalue weighted by atomic mass is 32.2. The van der Waals surface area contributed by atoms with Crippen LogP contribution in [0.2, 0.25) is 0 Å². The lowest BCUT2D eigenvalue weighted by molar-refractivity contribution is -0.145. The van der Waals surface area contributed by atoms with Crippen LogP contribution in [0.1, 0.15) is 12.2 Å². The molecule has 3 rings (SSSR count). The van der Waals surface area contributed by atoms with Crippen LogP contribution in [-0.4, -0.2) is 44.3 Å². The molecule has 1 saturated heterocycles. The molecule has 1 atom stereocenters. The number of furan rings is 1. The van der Waals surface area contributed by atoms with Crippen molar-refractivity contribution in [1.29, 1.82) is 0 Å². The van der Waals surface area contributed by atoms with Gasteiger partial charge in [0.15, 0.2) is 0 Å². The molecule has 146 valence electrons. The van der Waals surface area contributed by atoms with Crippen LogP contribution in [0.3, 0.4) is 0 Å². The molecule has 0 bridgehead atoms. The summed E-state index contributed by atoms with van der Waals surface area (Å²) in [5.41, 5.74) is 0.705. The molecule has 0 radical (unpaired) electrons. The molecule has 1 unspecified atom stereocenters. The Bertz CT molecular complexity index is 939. The van der Waals surface area contributed by atoms with Crippen LogP contribution >= 0.6 is 35.7 Å². The summed E-state index contributed by atoms with van der Waals surface area (Å²) in [5.74, 6) is -0.298. The van der Waals surface area contributed by atoms with Gasteiger partial charge in [-0.2, -0.15) is 11.8 Å². The molecule has 2 heterocycles. The second-order valence-corrected chi connectivity index (χ2v) is 8.56. The molecule has 9 heteroatoms. The van der Waals surface area contributed by atoms with E-state index in [0.29, 0.717) is 34.2 Å². The van der Waals surface area contributed by atoms with Crippen molar-refractivity contribution in [3.8, 4) is 11.3 Å². The van der Waals surface area contributed by atoms with E-state index in [4.69, 9.17) is 16.6 Å². The monoisotopic (exact) mass is 437 g/mol. The van der Waals surface area contributed by atoms with Crippen LogP contribution in [0.4, 0.5) is 4.39 Å². The van der Waals surface area contributed by atoms with Gasteiger partial charge in [-0.15, -0.1) is 0 Å². The summed E-state index contributed by atoms with van der Waals surface area (Å²) in [7, 11) is 0. The number of nitrogens with zero attached hydrogens (tertiary/aromatic N) is 1. The van der Waals surface area contributed by atoms with E-state index in [2.05, 4.69) is 0 Å². The minimum Gasteiger partial charge on any atom is -0.480 e. The third-order valence-electron chi connectivity index (χ3n) is 4.04. The van der Waals surface area contributed by atoms with Gasteiger partial charge in [-0.05, 0) is 54.8 Å². The van der Waals surface area contributed by atoms with E-state index >= 15 is 0 Å². The zero-order chi connectivity index (χ0) is 20.3. The minimum absolute atomic E-state index is 0.218. The first kappa shape index (κ1) is 20.6.